The topological polar surface area (TPSA) is 76.3 Å². The minimum Gasteiger partial charge on any atom is -0.399 e. The molecule has 0 saturated carbocycles. The summed E-state index contributed by atoms with van der Waals surface area (Å²) in [5.74, 6) is -0.222. The summed E-state index contributed by atoms with van der Waals surface area (Å²) in [5, 5.41) is 0.509. The van der Waals surface area contributed by atoms with Crippen LogP contribution in [-0.4, -0.2) is 27.6 Å². The first kappa shape index (κ1) is 19.2. The van der Waals surface area contributed by atoms with E-state index in [9.17, 15) is 9.59 Å². The first-order valence-electron chi connectivity index (χ1n) is 9.37. The lowest BCUT2D eigenvalue weighted by Gasteiger charge is -2.29. The van der Waals surface area contributed by atoms with Crippen LogP contribution >= 0.6 is 11.6 Å². The molecule has 5 nitrogen and oxygen atoms in total. The summed E-state index contributed by atoms with van der Waals surface area (Å²) in [7, 11) is 0. The Balaban J connectivity index is 1.76. The molecule has 29 heavy (non-hydrogen) atoms. The van der Waals surface area contributed by atoms with E-state index in [1.165, 1.54) is 0 Å². The number of rotatable bonds is 4. The summed E-state index contributed by atoms with van der Waals surface area (Å²) in [6.07, 6.45) is 2.21. The Hall–Kier alpha value is -3.18. The van der Waals surface area contributed by atoms with Crippen molar-refractivity contribution in [3.63, 3.8) is 0 Å². The molecule has 6 heteroatoms. The highest BCUT2D eigenvalue weighted by Crippen LogP contribution is 2.27. The number of Topliss-reactive ketones (excluding diaryl/α,β-unsaturated/α-hetero) is 1. The standard InChI is InChI=1S/C23H20ClN3O2/c24-17-7-8-20-16(11-17)12-22(28)21(13-19-6-1-2-9-26-19)27(23(20)29)14-15-4-3-5-18(25)10-15/h1-11,21H,12-14,25H2/t21-/m1/s1. The average molecular weight is 406 g/mol. The summed E-state index contributed by atoms with van der Waals surface area (Å²) in [6.45, 7) is 0.287. The average Bonchev–Trinajstić information content (AvgIpc) is 2.79. The van der Waals surface area contributed by atoms with Gasteiger partial charge in [-0.3, -0.25) is 14.6 Å². The number of halogens is 1. The van der Waals surface area contributed by atoms with Crippen LogP contribution in [0.15, 0.2) is 66.9 Å². The number of amides is 1. The number of nitrogen functional groups attached to an aromatic ring is 1. The van der Waals surface area contributed by atoms with Gasteiger partial charge in [-0.1, -0.05) is 29.8 Å². The molecule has 0 fully saturated rings. The molecule has 1 aliphatic heterocycles. The predicted molar refractivity (Wildman–Crippen MR) is 113 cm³/mol. The number of hydrogen-bond donors (Lipinski definition) is 1. The maximum Gasteiger partial charge on any atom is 0.255 e. The van der Waals surface area contributed by atoms with E-state index in [-0.39, 0.29) is 24.7 Å². The SMILES string of the molecule is Nc1cccc(CN2C(=O)c3ccc(Cl)cc3CC(=O)[C@H]2Cc2ccccn2)c1. The van der Waals surface area contributed by atoms with Gasteiger partial charge in [-0.15, -0.1) is 0 Å². The fourth-order valence-corrected chi connectivity index (χ4v) is 3.90. The second kappa shape index (κ2) is 8.05. The Labute approximate surface area is 174 Å². The maximum absolute atomic E-state index is 13.5. The fraction of sp³-hybridized carbons (Fsp3) is 0.174. The van der Waals surface area contributed by atoms with Crippen LogP contribution in [0.2, 0.25) is 5.02 Å². The van der Waals surface area contributed by atoms with Gasteiger partial charge in [0.2, 0.25) is 0 Å². The molecule has 0 aliphatic carbocycles. The van der Waals surface area contributed by atoms with Crippen molar-refractivity contribution < 1.29 is 9.59 Å². The summed E-state index contributed by atoms with van der Waals surface area (Å²) in [5.41, 5.74) is 9.33. The van der Waals surface area contributed by atoms with Gasteiger partial charge in [0, 0.05) is 47.6 Å². The van der Waals surface area contributed by atoms with Gasteiger partial charge in [0.15, 0.2) is 5.78 Å². The Bertz CT molecular complexity index is 1070. The molecular weight excluding hydrogens is 386 g/mol. The number of anilines is 1. The molecule has 1 atom stereocenters. The van der Waals surface area contributed by atoms with Crippen molar-refractivity contribution in [2.45, 2.75) is 25.4 Å². The fourth-order valence-electron chi connectivity index (χ4n) is 3.70. The molecule has 0 spiro atoms. The van der Waals surface area contributed by atoms with Crippen LogP contribution in [0.4, 0.5) is 5.69 Å². The van der Waals surface area contributed by atoms with Crippen molar-refractivity contribution in [1.82, 2.24) is 9.88 Å². The Morgan fingerprint density at radius 1 is 1.07 bits per heavy atom. The smallest absolute Gasteiger partial charge is 0.255 e. The molecule has 4 rings (SSSR count). The van der Waals surface area contributed by atoms with Crippen molar-refractivity contribution in [2.75, 3.05) is 5.73 Å². The molecule has 3 aromatic rings. The van der Waals surface area contributed by atoms with Gasteiger partial charge in [-0.2, -0.15) is 0 Å². The number of hydrogen-bond acceptors (Lipinski definition) is 4. The molecule has 0 unspecified atom stereocenters. The van der Waals surface area contributed by atoms with Gasteiger partial charge in [0.25, 0.3) is 5.91 Å². The van der Waals surface area contributed by atoms with Gasteiger partial charge >= 0.3 is 0 Å². The minimum absolute atomic E-state index is 0.0334. The van der Waals surface area contributed by atoms with Gasteiger partial charge in [-0.25, -0.2) is 0 Å². The molecule has 2 heterocycles. The second-order valence-electron chi connectivity index (χ2n) is 7.16. The minimum atomic E-state index is -0.620. The van der Waals surface area contributed by atoms with Crippen molar-refractivity contribution in [1.29, 1.82) is 0 Å². The van der Waals surface area contributed by atoms with Crippen LogP contribution in [-0.2, 0) is 24.2 Å². The molecular formula is C23H20ClN3O2. The van der Waals surface area contributed by atoms with E-state index < -0.39 is 6.04 Å². The van der Waals surface area contributed by atoms with Crippen molar-refractivity contribution in [3.8, 4) is 0 Å². The molecule has 0 saturated heterocycles. The van der Waals surface area contributed by atoms with E-state index in [1.807, 2.05) is 36.4 Å². The van der Waals surface area contributed by atoms with Crippen LogP contribution in [0.1, 0.15) is 27.2 Å². The second-order valence-corrected chi connectivity index (χ2v) is 7.60. The summed E-state index contributed by atoms with van der Waals surface area (Å²) in [4.78, 5) is 32.7. The number of carbonyl (C=O) groups is 2. The highest BCUT2D eigenvalue weighted by atomic mass is 35.5. The predicted octanol–water partition coefficient (Wildman–Crippen LogP) is 3.70. The highest BCUT2D eigenvalue weighted by molar-refractivity contribution is 6.30. The Morgan fingerprint density at radius 3 is 2.69 bits per heavy atom. The number of fused-ring (bicyclic) bond motifs is 1. The van der Waals surface area contributed by atoms with Crippen molar-refractivity contribution >= 4 is 29.0 Å². The third kappa shape index (κ3) is 4.15. The molecule has 1 aromatic heterocycles. The van der Waals surface area contributed by atoms with Gasteiger partial charge in [-0.05, 0) is 53.6 Å². The first-order valence-corrected chi connectivity index (χ1v) is 9.75. The third-order valence-corrected chi connectivity index (χ3v) is 5.34. The molecule has 2 N–H and O–H groups in total. The van der Waals surface area contributed by atoms with E-state index in [0.717, 1.165) is 11.3 Å². The quantitative estimate of drug-likeness (QED) is 0.671. The van der Waals surface area contributed by atoms with Crippen LogP contribution in [0.5, 0.6) is 0 Å². The number of nitrogens with zero attached hydrogens (tertiary/aromatic N) is 2. The van der Waals surface area contributed by atoms with Gasteiger partial charge < -0.3 is 10.6 Å². The zero-order chi connectivity index (χ0) is 20.4. The van der Waals surface area contributed by atoms with Gasteiger partial charge in [0.1, 0.15) is 0 Å². The summed E-state index contributed by atoms with van der Waals surface area (Å²) in [6, 6.07) is 17.4. The zero-order valence-corrected chi connectivity index (χ0v) is 16.5. The lowest BCUT2D eigenvalue weighted by atomic mass is 9.99. The van der Waals surface area contributed by atoms with E-state index >= 15 is 0 Å². The summed E-state index contributed by atoms with van der Waals surface area (Å²) >= 11 is 6.11. The van der Waals surface area contributed by atoms with Crippen LogP contribution in [0, 0.1) is 0 Å². The largest absolute Gasteiger partial charge is 0.399 e. The van der Waals surface area contributed by atoms with E-state index in [1.54, 1.807) is 35.4 Å². The van der Waals surface area contributed by atoms with Crippen molar-refractivity contribution in [3.05, 3.63) is 94.3 Å². The lowest BCUT2D eigenvalue weighted by molar-refractivity contribution is -0.122. The number of benzene rings is 2. The molecule has 0 bridgehead atoms. The monoisotopic (exact) mass is 405 g/mol. The molecule has 0 radical (unpaired) electrons. The number of ketones is 1. The molecule has 1 aliphatic rings. The van der Waals surface area contributed by atoms with Crippen LogP contribution in [0.25, 0.3) is 0 Å². The lowest BCUT2D eigenvalue weighted by Crippen LogP contribution is -2.44. The molecule has 2 aromatic carbocycles. The van der Waals surface area contributed by atoms with Crippen LogP contribution < -0.4 is 5.73 Å². The first-order chi connectivity index (χ1) is 14.0. The van der Waals surface area contributed by atoms with Crippen molar-refractivity contribution in [2.24, 2.45) is 0 Å². The van der Waals surface area contributed by atoms with Gasteiger partial charge in [0.05, 0.1) is 6.04 Å². The summed E-state index contributed by atoms with van der Waals surface area (Å²) < 4.78 is 0. The Kier molecular flexibility index (Phi) is 5.32. The maximum atomic E-state index is 13.5. The van der Waals surface area contributed by atoms with E-state index in [2.05, 4.69) is 4.98 Å². The number of nitrogens with two attached hydrogens (primary N) is 1. The third-order valence-electron chi connectivity index (χ3n) is 5.10. The Morgan fingerprint density at radius 2 is 1.93 bits per heavy atom. The number of aromatic nitrogens is 1. The molecule has 146 valence electrons. The molecule has 1 amide bonds. The normalized spacial score (nSPS) is 16.4. The van der Waals surface area contributed by atoms with Crippen LogP contribution in [0.3, 0.4) is 0 Å². The number of carbonyl (C=O) groups excluding carboxylic acids is 2. The number of pyridine rings is 1. The zero-order valence-electron chi connectivity index (χ0n) is 15.7. The van der Waals surface area contributed by atoms with E-state index in [4.69, 9.17) is 17.3 Å². The van der Waals surface area contributed by atoms with E-state index in [0.29, 0.717) is 28.3 Å². The highest BCUT2D eigenvalue weighted by Gasteiger charge is 2.35.